The zero-order valence-electron chi connectivity index (χ0n) is 14.8. The lowest BCUT2D eigenvalue weighted by Crippen LogP contribution is -2.44. The lowest BCUT2D eigenvalue weighted by molar-refractivity contribution is -0.135. The number of hydrogen-bond acceptors (Lipinski definition) is 3. The molecule has 26 heavy (non-hydrogen) atoms. The molecule has 2 amide bonds. The molecule has 0 radical (unpaired) electrons. The van der Waals surface area contributed by atoms with Gasteiger partial charge in [-0.15, -0.1) is 0 Å². The quantitative estimate of drug-likeness (QED) is 0.770. The molecule has 1 atom stereocenters. The average Bonchev–Trinajstić information content (AvgIpc) is 3.20. The van der Waals surface area contributed by atoms with Crippen LogP contribution < -0.4 is 5.32 Å². The third-order valence-electron chi connectivity index (χ3n) is 4.73. The Morgan fingerprint density at radius 3 is 2.92 bits per heavy atom. The molecule has 6 nitrogen and oxygen atoms in total. The van der Waals surface area contributed by atoms with Gasteiger partial charge in [0.1, 0.15) is 17.7 Å². The molecular weight excluding hydrogens is 335 g/mol. The van der Waals surface area contributed by atoms with Gasteiger partial charge in [-0.05, 0) is 25.8 Å². The maximum absolute atomic E-state index is 13.9. The lowest BCUT2D eigenvalue weighted by Gasteiger charge is -2.24. The molecule has 1 N–H and O–H groups in total. The Hall–Kier alpha value is -2.70. The van der Waals surface area contributed by atoms with E-state index in [4.69, 9.17) is 0 Å². The van der Waals surface area contributed by atoms with Crippen molar-refractivity contribution < 1.29 is 14.0 Å². The van der Waals surface area contributed by atoms with E-state index in [0.29, 0.717) is 24.9 Å². The zero-order chi connectivity index (χ0) is 18.5. The predicted molar refractivity (Wildman–Crippen MR) is 94.6 cm³/mol. The van der Waals surface area contributed by atoms with Gasteiger partial charge >= 0.3 is 0 Å². The summed E-state index contributed by atoms with van der Waals surface area (Å²) in [6, 6.07) is 5.81. The molecule has 1 saturated heterocycles. The van der Waals surface area contributed by atoms with E-state index in [1.807, 2.05) is 17.7 Å². The number of halogens is 1. The molecule has 1 unspecified atom stereocenters. The number of carbonyl (C=O) groups excluding carboxylic acids is 2. The van der Waals surface area contributed by atoms with E-state index < -0.39 is 6.04 Å². The highest BCUT2D eigenvalue weighted by atomic mass is 19.1. The Balaban J connectivity index is 1.53. The number of aryl methyl sites for hydroxylation is 2. The fourth-order valence-corrected chi connectivity index (χ4v) is 3.23. The normalized spacial score (nSPS) is 16.9. The number of hydrogen-bond donors (Lipinski definition) is 1. The summed E-state index contributed by atoms with van der Waals surface area (Å²) < 4.78 is 15.9. The number of carbonyl (C=O) groups is 2. The molecule has 3 rings (SSSR count). The van der Waals surface area contributed by atoms with Crippen LogP contribution in [0.4, 0.5) is 4.39 Å². The van der Waals surface area contributed by atoms with Crippen LogP contribution in [0.3, 0.4) is 0 Å². The number of likely N-dealkylation sites (tertiary alicyclic amines) is 1. The molecule has 0 spiro atoms. The summed E-state index contributed by atoms with van der Waals surface area (Å²) in [5, 5.41) is 2.90. The number of benzene rings is 1. The van der Waals surface area contributed by atoms with E-state index >= 15 is 0 Å². The van der Waals surface area contributed by atoms with Crippen LogP contribution in [0.15, 0.2) is 36.7 Å². The van der Waals surface area contributed by atoms with Crippen LogP contribution in [-0.4, -0.2) is 38.9 Å². The summed E-state index contributed by atoms with van der Waals surface area (Å²) in [6.07, 6.45) is 5.22. The van der Waals surface area contributed by atoms with Crippen molar-refractivity contribution in [3.8, 4) is 0 Å². The number of imidazole rings is 1. The number of nitrogens with one attached hydrogen (secondary N) is 1. The predicted octanol–water partition coefficient (Wildman–Crippen LogP) is 2.03. The maximum atomic E-state index is 13.9. The fraction of sp³-hybridized carbons (Fsp3) is 0.421. The van der Waals surface area contributed by atoms with Crippen LogP contribution in [0.1, 0.15) is 30.7 Å². The highest BCUT2D eigenvalue weighted by Crippen LogP contribution is 2.22. The molecule has 0 bridgehead atoms. The molecule has 0 saturated carbocycles. The molecule has 0 aliphatic carbocycles. The fourth-order valence-electron chi connectivity index (χ4n) is 3.23. The first-order valence-corrected chi connectivity index (χ1v) is 8.84. The molecular formula is C19H23FN4O2. The number of amides is 2. The van der Waals surface area contributed by atoms with Gasteiger partial charge in [0.05, 0.1) is 0 Å². The molecule has 2 heterocycles. The van der Waals surface area contributed by atoms with E-state index in [1.54, 1.807) is 24.4 Å². The third kappa shape index (κ3) is 4.09. The third-order valence-corrected chi connectivity index (χ3v) is 4.73. The molecule has 138 valence electrons. The minimum Gasteiger partial charge on any atom is -0.354 e. The second-order valence-corrected chi connectivity index (χ2v) is 6.48. The summed E-state index contributed by atoms with van der Waals surface area (Å²) in [5.74, 6) is 0.299. The smallest absolute Gasteiger partial charge is 0.242 e. The Morgan fingerprint density at radius 2 is 2.19 bits per heavy atom. The highest BCUT2D eigenvalue weighted by molar-refractivity contribution is 5.90. The van der Waals surface area contributed by atoms with Crippen LogP contribution in [0.2, 0.25) is 0 Å². The molecule has 1 aromatic heterocycles. The highest BCUT2D eigenvalue weighted by Gasteiger charge is 2.36. The van der Waals surface area contributed by atoms with Crippen LogP contribution in [-0.2, 0) is 22.7 Å². The van der Waals surface area contributed by atoms with Gasteiger partial charge in [0.2, 0.25) is 11.8 Å². The summed E-state index contributed by atoms with van der Waals surface area (Å²) in [7, 11) is 0. The van der Waals surface area contributed by atoms with Crippen molar-refractivity contribution in [3.05, 3.63) is 53.9 Å². The van der Waals surface area contributed by atoms with Gasteiger partial charge in [0.25, 0.3) is 0 Å². The second kappa shape index (κ2) is 8.12. The van der Waals surface area contributed by atoms with Crippen molar-refractivity contribution in [1.29, 1.82) is 0 Å². The Labute approximate surface area is 152 Å². The monoisotopic (exact) mass is 358 g/mol. The second-order valence-electron chi connectivity index (χ2n) is 6.48. The van der Waals surface area contributed by atoms with E-state index in [0.717, 1.165) is 18.8 Å². The van der Waals surface area contributed by atoms with E-state index in [-0.39, 0.29) is 24.2 Å². The van der Waals surface area contributed by atoms with Crippen molar-refractivity contribution in [2.45, 2.75) is 45.3 Å². The van der Waals surface area contributed by atoms with Crippen molar-refractivity contribution in [3.63, 3.8) is 0 Å². The van der Waals surface area contributed by atoms with Gasteiger partial charge in [-0.25, -0.2) is 9.37 Å². The maximum Gasteiger partial charge on any atom is 0.242 e. The van der Waals surface area contributed by atoms with Crippen molar-refractivity contribution in [2.75, 3.05) is 6.54 Å². The van der Waals surface area contributed by atoms with Gasteiger partial charge in [-0.3, -0.25) is 9.59 Å². The van der Waals surface area contributed by atoms with Crippen molar-refractivity contribution in [1.82, 2.24) is 19.8 Å². The number of nitrogens with zero attached hydrogens (tertiary/aromatic N) is 3. The van der Waals surface area contributed by atoms with Gasteiger partial charge < -0.3 is 14.8 Å². The minimum absolute atomic E-state index is 0.109. The number of aromatic nitrogens is 2. The van der Waals surface area contributed by atoms with Crippen molar-refractivity contribution >= 4 is 11.8 Å². The topological polar surface area (TPSA) is 67.2 Å². The first kappa shape index (κ1) is 18.1. The van der Waals surface area contributed by atoms with Gasteiger partial charge in [0.15, 0.2) is 0 Å². The molecule has 2 aromatic rings. The van der Waals surface area contributed by atoms with Crippen LogP contribution in [0, 0.1) is 12.7 Å². The largest absolute Gasteiger partial charge is 0.354 e. The summed E-state index contributed by atoms with van der Waals surface area (Å²) in [6.45, 7) is 3.35. The average molecular weight is 358 g/mol. The Morgan fingerprint density at radius 1 is 1.38 bits per heavy atom. The first-order valence-electron chi connectivity index (χ1n) is 8.84. The molecule has 1 fully saturated rings. The van der Waals surface area contributed by atoms with Crippen LogP contribution >= 0.6 is 0 Å². The Kier molecular flexibility index (Phi) is 5.65. The van der Waals surface area contributed by atoms with Gasteiger partial charge in [-0.2, -0.15) is 0 Å². The summed E-state index contributed by atoms with van der Waals surface area (Å²) in [5.41, 5.74) is 0.427. The molecule has 1 aliphatic rings. The van der Waals surface area contributed by atoms with Crippen LogP contribution in [0.5, 0.6) is 0 Å². The van der Waals surface area contributed by atoms with E-state index in [1.165, 1.54) is 11.0 Å². The standard InChI is InChI=1S/C19H23FN4O2/c1-14-21-10-12-23(14)11-4-9-22-19(26)17-7-8-18(25)24(17)13-15-5-2-3-6-16(15)20/h2-3,5-6,10,12,17H,4,7-9,11,13H2,1H3,(H,22,26). The van der Waals surface area contributed by atoms with E-state index in [9.17, 15) is 14.0 Å². The SMILES string of the molecule is Cc1nccn1CCCNC(=O)C1CCC(=O)N1Cc1ccccc1F. The number of rotatable bonds is 7. The lowest BCUT2D eigenvalue weighted by atomic mass is 10.1. The first-order chi connectivity index (χ1) is 12.6. The molecule has 1 aromatic carbocycles. The summed E-state index contributed by atoms with van der Waals surface area (Å²) >= 11 is 0. The van der Waals surface area contributed by atoms with Gasteiger partial charge in [0, 0.05) is 44.0 Å². The van der Waals surface area contributed by atoms with E-state index in [2.05, 4.69) is 10.3 Å². The van der Waals surface area contributed by atoms with Gasteiger partial charge in [-0.1, -0.05) is 18.2 Å². The Bertz CT molecular complexity index is 789. The van der Waals surface area contributed by atoms with Crippen molar-refractivity contribution in [2.24, 2.45) is 0 Å². The molecule has 1 aliphatic heterocycles. The minimum atomic E-state index is -0.530. The molecule has 7 heteroatoms. The van der Waals surface area contributed by atoms with Crippen LogP contribution in [0.25, 0.3) is 0 Å². The summed E-state index contributed by atoms with van der Waals surface area (Å²) in [4.78, 5) is 30.3. The zero-order valence-corrected chi connectivity index (χ0v) is 14.8.